The molecule has 0 spiro atoms. The number of anilines is 1. The molecule has 3 aromatic rings. The lowest BCUT2D eigenvalue weighted by molar-refractivity contribution is 0.0950. The largest absolute Gasteiger partial charge is 0.348 e. The van der Waals surface area contributed by atoms with Crippen molar-refractivity contribution in [3.63, 3.8) is 0 Å². The van der Waals surface area contributed by atoms with Crippen molar-refractivity contribution in [3.05, 3.63) is 89.5 Å². The van der Waals surface area contributed by atoms with Crippen molar-refractivity contribution in [2.24, 2.45) is 0 Å². The van der Waals surface area contributed by atoms with Crippen LogP contribution in [0.25, 0.3) is 0 Å². The molecule has 0 saturated carbocycles. The molecule has 6 heteroatoms. The third-order valence-corrected chi connectivity index (χ3v) is 4.10. The van der Waals surface area contributed by atoms with E-state index in [4.69, 9.17) is 0 Å². The summed E-state index contributed by atoms with van der Waals surface area (Å²) in [6.07, 6.45) is 5.61. The Balaban J connectivity index is 1.69. The Hall–Kier alpha value is -3.54. The fraction of sp³-hybridized carbons (Fsp3) is 0.143. The van der Waals surface area contributed by atoms with Gasteiger partial charge in [0, 0.05) is 36.4 Å². The summed E-state index contributed by atoms with van der Waals surface area (Å²) >= 11 is 0. The molecule has 0 fully saturated rings. The second-order valence-corrected chi connectivity index (χ2v) is 5.93. The van der Waals surface area contributed by atoms with Gasteiger partial charge in [0.25, 0.3) is 11.8 Å². The number of para-hydroxylation sites is 1. The minimum Gasteiger partial charge on any atom is -0.348 e. The smallest absolute Gasteiger partial charge is 0.274 e. The van der Waals surface area contributed by atoms with Crippen molar-refractivity contribution < 1.29 is 9.59 Å². The zero-order valence-electron chi connectivity index (χ0n) is 15.0. The molecule has 2 heterocycles. The predicted octanol–water partition coefficient (Wildman–Crippen LogP) is 3.22. The van der Waals surface area contributed by atoms with Crippen molar-refractivity contribution in [2.45, 2.75) is 19.9 Å². The van der Waals surface area contributed by atoms with Gasteiger partial charge in [0.1, 0.15) is 5.69 Å². The quantitative estimate of drug-likeness (QED) is 0.707. The molecule has 136 valence electrons. The third kappa shape index (κ3) is 4.76. The zero-order valence-corrected chi connectivity index (χ0v) is 15.0. The summed E-state index contributed by atoms with van der Waals surface area (Å²) in [7, 11) is 0. The number of carbonyl (C=O) groups is 2. The van der Waals surface area contributed by atoms with Crippen LogP contribution in [-0.4, -0.2) is 21.8 Å². The molecule has 0 atom stereocenters. The van der Waals surface area contributed by atoms with Crippen LogP contribution >= 0.6 is 0 Å². The Kier molecular flexibility index (Phi) is 5.89. The first-order valence-corrected chi connectivity index (χ1v) is 8.69. The van der Waals surface area contributed by atoms with E-state index < -0.39 is 0 Å². The maximum atomic E-state index is 12.5. The Morgan fingerprint density at radius 3 is 2.52 bits per heavy atom. The van der Waals surface area contributed by atoms with E-state index in [1.54, 1.807) is 18.5 Å². The topological polar surface area (TPSA) is 84.0 Å². The summed E-state index contributed by atoms with van der Waals surface area (Å²) in [4.78, 5) is 32.9. The van der Waals surface area contributed by atoms with Gasteiger partial charge in [0.15, 0.2) is 0 Å². The number of nitrogens with zero attached hydrogens (tertiary/aromatic N) is 2. The van der Waals surface area contributed by atoms with Crippen LogP contribution in [0.1, 0.15) is 38.9 Å². The molecular formula is C21H20N4O2. The van der Waals surface area contributed by atoms with E-state index in [0.717, 1.165) is 23.2 Å². The number of benzene rings is 1. The van der Waals surface area contributed by atoms with Crippen LogP contribution < -0.4 is 10.6 Å². The van der Waals surface area contributed by atoms with Gasteiger partial charge < -0.3 is 10.6 Å². The van der Waals surface area contributed by atoms with E-state index in [9.17, 15) is 9.59 Å². The van der Waals surface area contributed by atoms with E-state index in [2.05, 4.69) is 20.6 Å². The van der Waals surface area contributed by atoms with Crippen molar-refractivity contribution >= 4 is 17.5 Å². The lowest BCUT2D eigenvalue weighted by Gasteiger charge is -2.10. The van der Waals surface area contributed by atoms with Gasteiger partial charge in [-0.2, -0.15) is 0 Å². The molecule has 0 saturated heterocycles. The first kappa shape index (κ1) is 18.3. The Morgan fingerprint density at radius 2 is 1.74 bits per heavy atom. The molecular weight excluding hydrogens is 340 g/mol. The highest BCUT2D eigenvalue weighted by Crippen LogP contribution is 2.16. The summed E-state index contributed by atoms with van der Waals surface area (Å²) in [6, 6.07) is 14.3. The lowest BCUT2D eigenvalue weighted by Crippen LogP contribution is -2.23. The number of amides is 2. The number of rotatable bonds is 6. The van der Waals surface area contributed by atoms with Gasteiger partial charge in [0.05, 0.1) is 0 Å². The molecule has 0 aliphatic carbocycles. The van der Waals surface area contributed by atoms with Crippen LogP contribution in [-0.2, 0) is 13.0 Å². The standard InChI is InChI=1S/C21H20N4O2/c1-2-16-5-3-4-6-18(16)25-21(27)19-13-17(9-12-23-19)20(26)24-14-15-7-10-22-11-8-15/h3-13H,2,14H2,1H3,(H,24,26)(H,25,27). The molecule has 2 aromatic heterocycles. The van der Waals surface area contributed by atoms with Gasteiger partial charge in [-0.15, -0.1) is 0 Å². The van der Waals surface area contributed by atoms with Crippen molar-refractivity contribution in [1.82, 2.24) is 15.3 Å². The molecule has 6 nitrogen and oxygen atoms in total. The van der Waals surface area contributed by atoms with Gasteiger partial charge in [-0.3, -0.25) is 19.6 Å². The fourth-order valence-electron chi connectivity index (χ4n) is 2.62. The second kappa shape index (κ2) is 8.71. The van der Waals surface area contributed by atoms with Gasteiger partial charge in [-0.1, -0.05) is 25.1 Å². The highest BCUT2D eigenvalue weighted by molar-refractivity contribution is 6.05. The molecule has 0 bridgehead atoms. The third-order valence-electron chi connectivity index (χ3n) is 4.10. The molecule has 2 amide bonds. The molecule has 2 N–H and O–H groups in total. The van der Waals surface area contributed by atoms with Crippen LogP contribution in [0.15, 0.2) is 67.1 Å². The summed E-state index contributed by atoms with van der Waals surface area (Å²) < 4.78 is 0. The maximum absolute atomic E-state index is 12.5. The molecule has 3 rings (SSSR count). The minimum absolute atomic E-state index is 0.192. The Morgan fingerprint density at radius 1 is 0.963 bits per heavy atom. The Bertz CT molecular complexity index is 942. The lowest BCUT2D eigenvalue weighted by atomic mass is 10.1. The average molecular weight is 360 g/mol. The van der Waals surface area contributed by atoms with Crippen molar-refractivity contribution in [3.8, 4) is 0 Å². The maximum Gasteiger partial charge on any atom is 0.274 e. The van der Waals surface area contributed by atoms with Crippen LogP contribution in [0.4, 0.5) is 5.69 Å². The predicted molar refractivity (Wildman–Crippen MR) is 103 cm³/mol. The van der Waals surface area contributed by atoms with E-state index >= 15 is 0 Å². The van der Waals surface area contributed by atoms with E-state index in [1.165, 1.54) is 12.3 Å². The van der Waals surface area contributed by atoms with Gasteiger partial charge >= 0.3 is 0 Å². The van der Waals surface area contributed by atoms with E-state index in [0.29, 0.717) is 12.1 Å². The normalized spacial score (nSPS) is 10.3. The average Bonchev–Trinajstić information content (AvgIpc) is 2.73. The number of hydrogen-bond donors (Lipinski definition) is 2. The van der Waals surface area contributed by atoms with E-state index in [1.807, 2.05) is 43.3 Å². The monoisotopic (exact) mass is 360 g/mol. The SMILES string of the molecule is CCc1ccccc1NC(=O)c1cc(C(=O)NCc2ccncc2)ccn1. The second-order valence-electron chi connectivity index (χ2n) is 5.93. The van der Waals surface area contributed by atoms with Crippen molar-refractivity contribution in [2.75, 3.05) is 5.32 Å². The van der Waals surface area contributed by atoms with Crippen LogP contribution in [0.2, 0.25) is 0 Å². The summed E-state index contributed by atoms with van der Waals surface area (Å²) in [5, 5.41) is 5.68. The number of carbonyl (C=O) groups excluding carboxylic acids is 2. The van der Waals surface area contributed by atoms with Gasteiger partial charge in [-0.25, -0.2) is 0 Å². The number of nitrogens with one attached hydrogen (secondary N) is 2. The molecule has 0 aliphatic rings. The van der Waals surface area contributed by atoms with E-state index in [-0.39, 0.29) is 17.5 Å². The first-order valence-electron chi connectivity index (χ1n) is 8.69. The fourth-order valence-corrected chi connectivity index (χ4v) is 2.62. The number of aromatic nitrogens is 2. The number of aryl methyl sites for hydroxylation is 1. The number of hydrogen-bond acceptors (Lipinski definition) is 4. The highest BCUT2D eigenvalue weighted by atomic mass is 16.2. The molecule has 27 heavy (non-hydrogen) atoms. The van der Waals surface area contributed by atoms with Crippen molar-refractivity contribution in [1.29, 1.82) is 0 Å². The molecule has 0 aliphatic heterocycles. The van der Waals surface area contributed by atoms with Gasteiger partial charge in [-0.05, 0) is 47.9 Å². The zero-order chi connectivity index (χ0) is 19.1. The summed E-state index contributed by atoms with van der Waals surface area (Å²) in [6.45, 7) is 2.41. The summed E-state index contributed by atoms with van der Waals surface area (Å²) in [5.41, 5.74) is 3.31. The van der Waals surface area contributed by atoms with Crippen LogP contribution in [0, 0.1) is 0 Å². The Labute approximate surface area is 157 Å². The molecule has 1 aromatic carbocycles. The number of pyridine rings is 2. The first-order chi connectivity index (χ1) is 13.2. The van der Waals surface area contributed by atoms with Crippen LogP contribution in [0.3, 0.4) is 0 Å². The van der Waals surface area contributed by atoms with Crippen LogP contribution in [0.5, 0.6) is 0 Å². The molecule has 0 radical (unpaired) electrons. The summed E-state index contributed by atoms with van der Waals surface area (Å²) in [5.74, 6) is -0.614. The minimum atomic E-state index is -0.348. The highest BCUT2D eigenvalue weighted by Gasteiger charge is 2.13. The molecule has 0 unspecified atom stereocenters. The van der Waals surface area contributed by atoms with Gasteiger partial charge in [0.2, 0.25) is 0 Å².